The van der Waals surface area contributed by atoms with Crippen LogP contribution in [-0.2, 0) is 4.74 Å². The molecule has 204 valence electrons. The van der Waals surface area contributed by atoms with E-state index < -0.39 is 0 Å². The number of hydrogen-bond acceptors (Lipinski definition) is 7. The number of methoxy groups -OCH3 is 1. The summed E-state index contributed by atoms with van der Waals surface area (Å²) < 4.78 is 18.1. The van der Waals surface area contributed by atoms with E-state index in [-0.39, 0.29) is 6.10 Å². The zero-order chi connectivity index (χ0) is 26.3. The normalized spacial score (nSPS) is 19.3. The van der Waals surface area contributed by atoms with E-state index in [1.807, 2.05) is 18.2 Å². The smallest absolute Gasteiger partial charge is 0.163 e. The highest BCUT2D eigenvalue weighted by Crippen LogP contribution is 2.36. The minimum atomic E-state index is 0.0153. The Balaban J connectivity index is 1.25. The average molecular weight is 560 g/mol. The average Bonchev–Trinajstić information content (AvgIpc) is 3.18. The molecule has 0 bridgehead atoms. The molecule has 0 amide bonds. The molecule has 5 rings (SSSR count). The van der Waals surface area contributed by atoms with Crippen LogP contribution in [0.2, 0.25) is 10.0 Å². The summed E-state index contributed by atoms with van der Waals surface area (Å²) in [7, 11) is 1.64. The summed E-state index contributed by atoms with van der Waals surface area (Å²) in [5.74, 6) is 2.79. The highest BCUT2D eigenvalue weighted by atomic mass is 35.5. The standard InChI is InChI=1S/C29H36Cl2N4O3/c1-36-27-15-23-26(32-19-33-29(23)34-21-8-9-24(30)25(31)14-21)16-28(27)38-18-22-17-35(11-5-13-37-22)12-10-20-6-3-2-4-7-20/h8-9,14-16,19-20,22H,2-7,10-13,17-18H2,1H3,(H,32,33,34). The molecule has 2 aromatic carbocycles. The molecule has 2 aliphatic rings. The highest BCUT2D eigenvalue weighted by molar-refractivity contribution is 6.42. The van der Waals surface area contributed by atoms with Gasteiger partial charge in [0.15, 0.2) is 11.5 Å². The van der Waals surface area contributed by atoms with Crippen LogP contribution in [0.25, 0.3) is 10.9 Å². The number of aromatic nitrogens is 2. The largest absolute Gasteiger partial charge is 0.493 e. The maximum Gasteiger partial charge on any atom is 0.163 e. The molecule has 1 unspecified atom stereocenters. The minimum absolute atomic E-state index is 0.0153. The van der Waals surface area contributed by atoms with Gasteiger partial charge in [-0.3, -0.25) is 0 Å². The Hall–Kier alpha value is -2.32. The molecule has 1 saturated heterocycles. The quantitative estimate of drug-likeness (QED) is 0.299. The van der Waals surface area contributed by atoms with E-state index in [0.29, 0.717) is 34.0 Å². The number of nitrogens with zero attached hydrogens (tertiary/aromatic N) is 3. The molecule has 1 aliphatic carbocycles. The predicted molar refractivity (Wildman–Crippen MR) is 153 cm³/mol. The van der Waals surface area contributed by atoms with E-state index in [1.165, 1.54) is 44.9 Å². The number of anilines is 2. The monoisotopic (exact) mass is 558 g/mol. The fraction of sp³-hybridized carbons (Fsp3) is 0.517. The van der Waals surface area contributed by atoms with Gasteiger partial charge in [-0.2, -0.15) is 0 Å². The maximum atomic E-state index is 6.27. The van der Waals surface area contributed by atoms with E-state index in [0.717, 1.165) is 55.2 Å². The molecule has 38 heavy (non-hydrogen) atoms. The summed E-state index contributed by atoms with van der Waals surface area (Å²) >= 11 is 12.2. The van der Waals surface area contributed by atoms with Crippen LogP contribution >= 0.6 is 23.2 Å². The molecule has 1 N–H and O–H groups in total. The van der Waals surface area contributed by atoms with Gasteiger partial charge in [0.25, 0.3) is 0 Å². The molecule has 7 nitrogen and oxygen atoms in total. The second-order valence-electron chi connectivity index (χ2n) is 10.2. The third-order valence-corrected chi connectivity index (χ3v) is 8.28. The zero-order valence-electron chi connectivity index (χ0n) is 21.9. The first kappa shape index (κ1) is 27.3. The number of ether oxygens (including phenoxy) is 3. The van der Waals surface area contributed by atoms with Crippen LogP contribution in [0.5, 0.6) is 11.5 Å². The maximum absolute atomic E-state index is 6.27. The van der Waals surface area contributed by atoms with Crippen molar-refractivity contribution in [3.63, 3.8) is 0 Å². The fourth-order valence-electron chi connectivity index (χ4n) is 5.44. The van der Waals surface area contributed by atoms with E-state index in [1.54, 1.807) is 19.2 Å². The van der Waals surface area contributed by atoms with Crippen LogP contribution in [-0.4, -0.2) is 60.9 Å². The summed E-state index contributed by atoms with van der Waals surface area (Å²) in [4.78, 5) is 11.5. The van der Waals surface area contributed by atoms with Gasteiger partial charge < -0.3 is 24.4 Å². The van der Waals surface area contributed by atoms with Gasteiger partial charge in [-0.25, -0.2) is 9.97 Å². The Bertz CT molecular complexity index is 1220. The van der Waals surface area contributed by atoms with Crippen LogP contribution in [0, 0.1) is 5.92 Å². The Kier molecular flexibility index (Phi) is 9.44. The Morgan fingerprint density at radius 2 is 1.89 bits per heavy atom. The number of nitrogens with one attached hydrogen (secondary N) is 1. The van der Waals surface area contributed by atoms with Gasteiger partial charge in [-0.05, 0) is 49.6 Å². The SMILES string of the molecule is COc1cc2c(Nc3ccc(Cl)c(Cl)c3)ncnc2cc1OCC1CN(CCC2CCCCC2)CCCO1. The Morgan fingerprint density at radius 1 is 1.03 bits per heavy atom. The van der Waals surface area contributed by atoms with Gasteiger partial charge in [0.2, 0.25) is 0 Å². The van der Waals surface area contributed by atoms with Crippen molar-refractivity contribution < 1.29 is 14.2 Å². The summed E-state index contributed by atoms with van der Waals surface area (Å²) in [6.07, 6.45) is 10.9. The molecule has 1 saturated carbocycles. The molecule has 9 heteroatoms. The number of rotatable bonds is 9. The summed E-state index contributed by atoms with van der Waals surface area (Å²) in [6, 6.07) is 9.15. The molecule has 1 atom stereocenters. The van der Waals surface area contributed by atoms with Crippen LogP contribution in [0.4, 0.5) is 11.5 Å². The third kappa shape index (κ3) is 7.00. The summed E-state index contributed by atoms with van der Waals surface area (Å²) in [5.41, 5.74) is 1.52. The number of halogens is 2. The van der Waals surface area contributed by atoms with Crippen molar-refractivity contribution in [2.24, 2.45) is 5.92 Å². The molecular formula is C29H36Cl2N4O3. The van der Waals surface area contributed by atoms with E-state index >= 15 is 0 Å². The van der Waals surface area contributed by atoms with Crippen molar-refractivity contribution in [3.8, 4) is 11.5 Å². The fourth-order valence-corrected chi connectivity index (χ4v) is 5.74. The molecule has 3 aromatic rings. The van der Waals surface area contributed by atoms with E-state index in [9.17, 15) is 0 Å². The minimum Gasteiger partial charge on any atom is -0.493 e. The molecule has 2 heterocycles. The lowest BCUT2D eigenvalue weighted by Gasteiger charge is -2.27. The Morgan fingerprint density at radius 3 is 2.71 bits per heavy atom. The van der Waals surface area contributed by atoms with Gasteiger partial charge in [-0.15, -0.1) is 0 Å². The summed E-state index contributed by atoms with van der Waals surface area (Å²) in [6.45, 7) is 4.35. The first-order chi connectivity index (χ1) is 18.6. The molecule has 0 spiro atoms. The van der Waals surface area contributed by atoms with Crippen molar-refractivity contribution in [3.05, 3.63) is 46.7 Å². The van der Waals surface area contributed by atoms with Crippen LogP contribution < -0.4 is 14.8 Å². The lowest BCUT2D eigenvalue weighted by molar-refractivity contribution is 0.0197. The first-order valence-corrected chi connectivity index (χ1v) is 14.4. The van der Waals surface area contributed by atoms with Gasteiger partial charge in [0, 0.05) is 36.8 Å². The van der Waals surface area contributed by atoms with Crippen LogP contribution in [0.3, 0.4) is 0 Å². The van der Waals surface area contributed by atoms with E-state index in [4.69, 9.17) is 37.4 Å². The molecular weight excluding hydrogens is 523 g/mol. The van der Waals surface area contributed by atoms with Crippen molar-refractivity contribution in [1.29, 1.82) is 0 Å². The molecule has 1 aromatic heterocycles. The molecule has 2 fully saturated rings. The number of benzene rings is 2. The van der Waals surface area contributed by atoms with Crippen LogP contribution in [0.15, 0.2) is 36.7 Å². The second-order valence-corrected chi connectivity index (χ2v) is 11.1. The highest BCUT2D eigenvalue weighted by Gasteiger charge is 2.22. The molecule has 0 radical (unpaired) electrons. The zero-order valence-corrected chi connectivity index (χ0v) is 23.4. The van der Waals surface area contributed by atoms with Crippen molar-refractivity contribution in [1.82, 2.24) is 14.9 Å². The lowest BCUT2D eigenvalue weighted by atomic mass is 9.87. The van der Waals surface area contributed by atoms with Gasteiger partial charge in [-0.1, -0.05) is 55.3 Å². The van der Waals surface area contributed by atoms with Crippen molar-refractivity contribution in [2.75, 3.05) is 45.3 Å². The van der Waals surface area contributed by atoms with Gasteiger partial charge in [0.05, 0.1) is 22.7 Å². The third-order valence-electron chi connectivity index (χ3n) is 7.54. The van der Waals surface area contributed by atoms with Crippen LogP contribution in [0.1, 0.15) is 44.9 Å². The topological polar surface area (TPSA) is 68.7 Å². The molecule has 1 aliphatic heterocycles. The van der Waals surface area contributed by atoms with E-state index in [2.05, 4.69) is 20.2 Å². The lowest BCUT2D eigenvalue weighted by Crippen LogP contribution is -2.36. The first-order valence-electron chi connectivity index (χ1n) is 13.6. The number of fused-ring (bicyclic) bond motifs is 1. The number of hydrogen-bond donors (Lipinski definition) is 1. The van der Waals surface area contributed by atoms with Gasteiger partial charge >= 0.3 is 0 Å². The Labute approximate surface area is 234 Å². The van der Waals surface area contributed by atoms with Gasteiger partial charge in [0.1, 0.15) is 24.9 Å². The predicted octanol–water partition coefficient (Wildman–Crippen LogP) is 7.13. The van der Waals surface area contributed by atoms with Crippen molar-refractivity contribution >= 4 is 45.6 Å². The van der Waals surface area contributed by atoms with Crippen molar-refractivity contribution in [2.45, 2.75) is 51.0 Å². The summed E-state index contributed by atoms with van der Waals surface area (Å²) in [5, 5.41) is 5.08. The second kappa shape index (κ2) is 13.2.